The number of fused-ring (bicyclic) bond motifs is 1. The van der Waals surface area contributed by atoms with Crippen molar-refractivity contribution in [3.63, 3.8) is 0 Å². The number of nitrogens with one attached hydrogen (secondary N) is 1. The van der Waals surface area contributed by atoms with Crippen molar-refractivity contribution in [2.45, 2.75) is 20.4 Å². The molecule has 0 saturated carbocycles. The van der Waals surface area contributed by atoms with Gasteiger partial charge < -0.3 is 10.1 Å². The molecule has 0 aliphatic heterocycles. The molecular formula is C23H21N5O4. The highest BCUT2D eigenvalue weighted by atomic mass is 16.5. The number of aryl methyl sites for hydroxylation is 2. The summed E-state index contributed by atoms with van der Waals surface area (Å²) in [5, 5.41) is 11.2. The lowest BCUT2D eigenvalue weighted by molar-refractivity contribution is -0.117. The van der Waals surface area contributed by atoms with Crippen LogP contribution in [0.3, 0.4) is 0 Å². The van der Waals surface area contributed by atoms with Gasteiger partial charge in [0.1, 0.15) is 6.54 Å². The van der Waals surface area contributed by atoms with E-state index in [0.29, 0.717) is 22.6 Å². The van der Waals surface area contributed by atoms with Crippen LogP contribution in [0.25, 0.3) is 16.9 Å². The zero-order valence-electron chi connectivity index (χ0n) is 17.8. The molecule has 4 rings (SSSR count). The third kappa shape index (κ3) is 4.13. The molecule has 2 heterocycles. The average Bonchev–Trinajstić information content (AvgIpc) is 3.09. The van der Waals surface area contributed by atoms with Crippen molar-refractivity contribution in [3.05, 3.63) is 81.8 Å². The molecule has 2 aromatic carbocycles. The minimum absolute atomic E-state index is 0.302. The molecule has 0 bridgehead atoms. The van der Waals surface area contributed by atoms with Crippen LogP contribution in [0.5, 0.6) is 0 Å². The van der Waals surface area contributed by atoms with Crippen LogP contribution in [-0.4, -0.2) is 38.4 Å². The first-order chi connectivity index (χ1) is 15.4. The normalized spacial score (nSPS) is 10.8. The number of anilines is 1. The van der Waals surface area contributed by atoms with Gasteiger partial charge in [0.05, 0.1) is 18.4 Å². The van der Waals surface area contributed by atoms with Crippen LogP contribution >= 0.6 is 0 Å². The van der Waals surface area contributed by atoms with E-state index < -0.39 is 17.6 Å². The van der Waals surface area contributed by atoms with E-state index in [2.05, 4.69) is 20.3 Å². The molecule has 1 amide bonds. The van der Waals surface area contributed by atoms with Gasteiger partial charge in [-0.2, -0.15) is 9.61 Å². The zero-order valence-corrected chi connectivity index (χ0v) is 17.8. The van der Waals surface area contributed by atoms with Crippen molar-refractivity contribution in [2.75, 3.05) is 12.4 Å². The summed E-state index contributed by atoms with van der Waals surface area (Å²) in [6.07, 6.45) is 0. The second-order valence-electron chi connectivity index (χ2n) is 7.35. The van der Waals surface area contributed by atoms with Gasteiger partial charge in [0.15, 0.2) is 5.65 Å². The lowest BCUT2D eigenvalue weighted by Crippen LogP contribution is -2.29. The van der Waals surface area contributed by atoms with Crippen LogP contribution in [0.2, 0.25) is 0 Å². The second kappa shape index (κ2) is 8.46. The number of carbonyl (C=O) groups is 2. The first-order valence-electron chi connectivity index (χ1n) is 9.88. The minimum Gasteiger partial charge on any atom is -0.465 e. The first-order valence-corrected chi connectivity index (χ1v) is 9.88. The summed E-state index contributed by atoms with van der Waals surface area (Å²) in [6.45, 7) is 3.74. The van der Waals surface area contributed by atoms with Gasteiger partial charge in [-0.25, -0.2) is 14.3 Å². The smallest absolute Gasteiger partial charge is 0.367 e. The maximum Gasteiger partial charge on any atom is 0.367 e. The van der Waals surface area contributed by atoms with Crippen LogP contribution in [0.15, 0.2) is 59.4 Å². The molecule has 9 heteroatoms. The lowest BCUT2D eigenvalue weighted by atomic mass is 10.0. The summed E-state index contributed by atoms with van der Waals surface area (Å²) in [4.78, 5) is 36.9. The van der Waals surface area contributed by atoms with Crippen LogP contribution in [0.1, 0.15) is 21.5 Å². The van der Waals surface area contributed by atoms with Crippen molar-refractivity contribution in [1.29, 1.82) is 0 Å². The van der Waals surface area contributed by atoms with Gasteiger partial charge in [-0.1, -0.05) is 18.2 Å². The molecule has 0 unspecified atom stereocenters. The predicted octanol–water partition coefficient (Wildman–Crippen LogP) is 2.60. The number of nitrogens with zero attached hydrogens (tertiary/aromatic N) is 4. The topological polar surface area (TPSA) is 108 Å². The molecule has 9 nitrogen and oxygen atoms in total. The Hall–Kier alpha value is -4.27. The standard InChI is InChI=1S/C23H21N5O4/c1-14-7-8-16(11-15(14)2)19-9-10-20-26-27(23(31)28(20)25-19)13-21(29)24-18-6-4-5-17(12-18)22(30)32-3/h4-12H,13H2,1-3H3,(H,24,29). The Kier molecular flexibility index (Phi) is 5.55. The molecule has 4 aromatic rings. The Morgan fingerprint density at radius 2 is 1.81 bits per heavy atom. The maximum absolute atomic E-state index is 12.8. The highest BCUT2D eigenvalue weighted by Gasteiger charge is 2.14. The summed E-state index contributed by atoms with van der Waals surface area (Å²) in [6, 6.07) is 15.8. The van der Waals surface area contributed by atoms with E-state index in [-0.39, 0.29) is 6.54 Å². The molecule has 0 aliphatic rings. The number of hydrogen-bond acceptors (Lipinski definition) is 6. The molecule has 0 atom stereocenters. The fraction of sp³-hybridized carbons (Fsp3) is 0.174. The lowest BCUT2D eigenvalue weighted by Gasteiger charge is -2.06. The third-order valence-electron chi connectivity index (χ3n) is 5.10. The Labute approximate surface area is 183 Å². The summed E-state index contributed by atoms with van der Waals surface area (Å²) < 4.78 is 6.90. The van der Waals surface area contributed by atoms with Gasteiger partial charge in [0, 0.05) is 11.3 Å². The van der Waals surface area contributed by atoms with Crippen molar-refractivity contribution in [1.82, 2.24) is 19.4 Å². The van der Waals surface area contributed by atoms with Gasteiger partial charge in [-0.05, 0) is 61.4 Å². The van der Waals surface area contributed by atoms with Crippen LogP contribution in [0.4, 0.5) is 5.69 Å². The molecule has 0 aliphatic carbocycles. The maximum atomic E-state index is 12.8. The van der Waals surface area contributed by atoms with Gasteiger partial charge in [-0.3, -0.25) is 4.79 Å². The molecule has 1 N–H and O–H groups in total. The van der Waals surface area contributed by atoms with Crippen LogP contribution in [0, 0.1) is 13.8 Å². The van der Waals surface area contributed by atoms with Gasteiger partial charge in [0.2, 0.25) is 5.91 Å². The number of hydrogen-bond donors (Lipinski definition) is 1. The number of esters is 1. The van der Waals surface area contributed by atoms with E-state index in [4.69, 9.17) is 0 Å². The summed E-state index contributed by atoms with van der Waals surface area (Å²) >= 11 is 0. The number of benzene rings is 2. The van der Waals surface area contributed by atoms with E-state index in [9.17, 15) is 14.4 Å². The Balaban J connectivity index is 1.57. The van der Waals surface area contributed by atoms with Gasteiger partial charge in [0.25, 0.3) is 0 Å². The van der Waals surface area contributed by atoms with E-state index in [1.54, 1.807) is 30.3 Å². The molecule has 0 radical (unpaired) electrons. The SMILES string of the molecule is COC(=O)c1cccc(NC(=O)Cn2nc3ccc(-c4ccc(C)c(C)c4)nn3c2=O)c1. The quantitative estimate of drug-likeness (QED) is 0.487. The fourth-order valence-corrected chi connectivity index (χ4v) is 3.24. The Morgan fingerprint density at radius 3 is 2.56 bits per heavy atom. The highest BCUT2D eigenvalue weighted by molar-refractivity contribution is 5.94. The third-order valence-corrected chi connectivity index (χ3v) is 5.10. The predicted molar refractivity (Wildman–Crippen MR) is 119 cm³/mol. The fourth-order valence-electron chi connectivity index (χ4n) is 3.24. The number of amides is 1. The Morgan fingerprint density at radius 1 is 1.00 bits per heavy atom. The van der Waals surface area contributed by atoms with Gasteiger partial charge >= 0.3 is 11.7 Å². The molecule has 0 saturated heterocycles. The summed E-state index contributed by atoms with van der Waals surface area (Å²) in [5.74, 6) is -0.977. The molecule has 2 aromatic heterocycles. The highest BCUT2D eigenvalue weighted by Crippen LogP contribution is 2.20. The van der Waals surface area contributed by atoms with E-state index in [0.717, 1.165) is 15.8 Å². The molecule has 162 valence electrons. The number of carbonyl (C=O) groups excluding carboxylic acids is 2. The van der Waals surface area contributed by atoms with Crippen LogP contribution < -0.4 is 11.0 Å². The van der Waals surface area contributed by atoms with E-state index in [1.807, 2.05) is 32.0 Å². The van der Waals surface area contributed by atoms with E-state index in [1.165, 1.54) is 23.3 Å². The zero-order chi connectivity index (χ0) is 22.8. The minimum atomic E-state index is -0.524. The van der Waals surface area contributed by atoms with E-state index >= 15 is 0 Å². The largest absolute Gasteiger partial charge is 0.465 e. The van der Waals surface area contributed by atoms with Gasteiger partial charge in [-0.15, -0.1) is 5.10 Å². The number of aromatic nitrogens is 4. The summed E-state index contributed by atoms with van der Waals surface area (Å²) in [7, 11) is 1.28. The molecule has 0 fully saturated rings. The summed E-state index contributed by atoms with van der Waals surface area (Å²) in [5.41, 5.74) is 4.34. The number of ether oxygens (including phenoxy) is 1. The van der Waals surface area contributed by atoms with Crippen molar-refractivity contribution >= 4 is 23.2 Å². The number of rotatable bonds is 5. The molecular weight excluding hydrogens is 410 g/mol. The van der Waals surface area contributed by atoms with Crippen molar-refractivity contribution in [3.8, 4) is 11.3 Å². The van der Waals surface area contributed by atoms with Crippen LogP contribution in [-0.2, 0) is 16.1 Å². The second-order valence-corrected chi connectivity index (χ2v) is 7.35. The monoisotopic (exact) mass is 431 g/mol. The molecule has 0 spiro atoms. The molecule has 32 heavy (non-hydrogen) atoms. The van der Waals surface area contributed by atoms with Crippen molar-refractivity contribution in [2.24, 2.45) is 0 Å². The Bertz CT molecular complexity index is 1400. The number of methoxy groups -OCH3 is 1. The van der Waals surface area contributed by atoms with Crippen molar-refractivity contribution < 1.29 is 14.3 Å². The average molecular weight is 431 g/mol. The first kappa shape index (κ1) is 21.0.